The molecule has 0 aliphatic carbocycles. The molecule has 3 atom stereocenters. The average Bonchev–Trinajstić information content (AvgIpc) is 3.48. The van der Waals surface area contributed by atoms with Gasteiger partial charge in [0.2, 0.25) is 0 Å². The number of rotatable bonds is 12. The molecule has 1 saturated heterocycles. The number of hydrogen-bond donors (Lipinski definition) is 1. The summed E-state index contributed by atoms with van der Waals surface area (Å²) in [6, 6.07) is 14.8. The van der Waals surface area contributed by atoms with Crippen LogP contribution >= 0.6 is 0 Å². The van der Waals surface area contributed by atoms with Crippen molar-refractivity contribution < 1.29 is 28.8 Å². The van der Waals surface area contributed by atoms with Crippen LogP contribution in [-0.2, 0) is 4.74 Å². The van der Waals surface area contributed by atoms with Gasteiger partial charge in [0.1, 0.15) is 42.3 Å². The van der Waals surface area contributed by atoms with Crippen molar-refractivity contribution in [3.8, 4) is 23.0 Å². The summed E-state index contributed by atoms with van der Waals surface area (Å²) >= 11 is 0. The van der Waals surface area contributed by atoms with Crippen LogP contribution in [0, 0.1) is 0 Å². The molecular weight excluding hydrogens is 372 g/mol. The van der Waals surface area contributed by atoms with Crippen LogP contribution in [0.3, 0.4) is 0 Å². The molecule has 6 heteroatoms. The monoisotopic (exact) mass is 402 g/mol. The van der Waals surface area contributed by atoms with Gasteiger partial charge in [-0.25, -0.2) is 0 Å². The van der Waals surface area contributed by atoms with Crippen LogP contribution in [0.2, 0.25) is 0 Å². The summed E-state index contributed by atoms with van der Waals surface area (Å²) in [5.74, 6) is 2.76. The van der Waals surface area contributed by atoms with Crippen molar-refractivity contribution >= 4 is 0 Å². The summed E-state index contributed by atoms with van der Waals surface area (Å²) in [7, 11) is 0. The summed E-state index contributed by atoms with van der Waals surface area (Å²) in [6.07, 6.45) is 0.614. The predicted octanol–water partition coefficient (Wildman–Crippen LogP) is 3.85. The largest absolute Gasteiger partial charge is 0.491 e. The lowest BCUT2D eigenvalue weighted by molar-refractivity contribution is 0.0623. The Kier molecular flexibility index (Phi) is 7.61. The fraction of sp³-hybridized carbons (Fsp3) is 0.478. The lowest BCUT2D eigenvalue weighted by atomic mass is 10.2. The van der Waals surface area contributed by atoms with Gasteiger partial charge in [-0.2, -0.15) is 0 Å². The van der Waals surface area contributed by atoms with Gasteiger partial charge in [-0.15, -0.1) is 0 Å². The molecule has 1 aliphatic heterocycles. The molecule has 3 rings (SSSR count). The van der Waals surface area contributed by atoms with E-state index in [9.17, 15) is 5.11 Å². The number of ether oxygens (including phenoxy) is 5. The zero-order valence-electron chi connectivity index (χ0n) is 17.2. The molecular formula is C23H30O6. The van der Waals surface area contributed by atoms with Gasteiger partial charge in [0.25, 0.3) is 0 Å². The molecule has 2 aromatic carbocycles. The molecule has 29 heavy (non-hydrogen) atoms. The van der Waals surface area contributed by atoms with Crippen molar-refractivity contribution in [2.75, 3.05) is 19.8 Å². The maximum Gasteiger partial charge on any atom is 0.123 e. The van der Waals surface area contributed by atoms with E-state index in [0.29, 0.717) is 17.6 Å². The van der Waals surface area contributed by atoms with Gasteiger partial charge in [0.05, 0.1) is 24.9 Å². The standard InChI is InChI=1S/C23H30O6/c1-16(2)28-21-8-4-6-19(11-21)25-13-18(24)14-26-20-7-5-9-22(12-20)29-17(3)10-23-15-27-23/h4-9,11-12,16-18,23-24H,10,13-15H2,1-3H3. The molecule has 2 aromatic rings. The first-order valence-corrected chi connectivity index (χ1v) is 10.1. The number of hydrogen-bond acceptors (Lipinski definition) is 6. The second-order valence-electron chi connectivity index (χ2n) is 7.51. The van der Waals surface area contributed by atoms with Crippen molar-refractivity contribution in [2.45, 2.75) is 51.6 Å². The maximum atomic E-state index is 10.2. The SMILES string of the molecule is CC(C)Oc1cccc(OCC(O)COc2cccc(OC(C)CC3CO3)c2)c1. The molecule has 158 valence electrons. The molecule has 0 radical (unpaired) electrons. The normalized spacial score (nSPS) is 17.5. The minimum absolute atomic E-state index is 0.0761. The summed E-state index contributed by atoms with van der Waals surface area (Å²) in [5.41, 5.74) is 0. The van der Waals surface area contributed by atoms with Gasteiger partial charge in [0.15, 0.2) is 0 Å². The minimum Gasteiger partial charge on any atom is -0.491 e. The Morgan fingerprint density at radius 3 is 1.93 bits per heavy atom. The van der Waals surface area contributed by atoms with Gasteiger partial charge >= 0.3 is 0 Å². The average molecular weight is 402 g/mol. The van der Waals surface area contributed by atoms with Crippen LogP contribution in [0.1, 0.15) is 27.2 Å². The van der Waals surface area contributed by atoms with E-state index in [4.69, 9.17) is 23.7 Å². The molecule has 0 amide bonds. The van der Waals surface area contributed by atoms with Crippen LogP contribution < -0.4 is 18.9 Å². The summed E-state index contributed by atoms with van der Waals surface area (Å²) < 4.78 is 28.1. The Bertz CT molecular complexity index is 759. The van der Waals surface area contributed by atoms with Crippen LogP contribution in [0.4, 0.5) is 0 Å². The van der Waals surface area contributed by atoms with Crippen LogP contribution in [0.25, 0.3) is 0 Å². The smallest absolute Gasteiger partial charge is 0.123 e. The third-order valence-corrected chi connectivity index (χ3v) is 4.20. The van der Waals surface area contributed by atoms with Gasteiger partial charge in [-0.1, -0.05) is 12.1 Å². The molecule has 3 unspecified atom stereocenters. The Hall–Kier alpha value is -2.44. The van der Waals surface area contributed by atoms with Crippen molar-refractivity contribution in [1.82, 2.24) is 0 Å². The Morgan fingerprint density at radius 1 is 0.897 bits per heavy atom. The summed E-state index contributed by atoms with van der Waals surface area (Å²) in [5, 5.41) is 10.2. The zero-order valence-corrected chi connectivity index (χ0v) is 17.2. The van der Waals surface area contributed by atoms with Crippen LogP contribution in [-0.4, -0.2) is 49.3 Å². The number of aliphatic hydroxyl groups is 1. The van der Waals surface area contributed by atoms with Crippen molar-refractivity contribution in [2.24, 2.45) is 0 Å². The van der Waals surface area contributed by atoms with Gasteiger partial charge < -0.3 is 28.8 Å². The van der Waals surface area contributed by atoms with Crippen LogP contribution in [0.15, 0.2) is 48.5 Å². The Labute approximate surface area is 172 Å². The molecule has 1 N–H and O–H groups in total. The highest BCUT2D eigenvalue weighted by Crippen LogP contribution is 2.24. The van der Waals surface area contributed by atoms with Gasteiger partial charge in [0, 0.05) is 18.6 Å². The fourth-order valence-corrected chi connectivity index (χ4v) is 2.83. The van der Waals surface area contributed by atoms with Crippen molar-refractivity contribution in [1.29, 1.82) is 0 Å². The number of benzene rings is 2. The summed E-state index contributed by atoms with van der Waals surface area (Å²) in [4.78, 5) is 0. The molecule has 0 aromatic heterocycles. The first kappa shape index (κ1) is 21.3. The van der Waals surface area contributed by atoms with E-state index >= 15 is 0 Å². The molecule has 0 bridgehead atoms. The van der Waals surface area contributed by atoms with Crippen molar-refractivity contribution in [3.05, 3.63) is 48.5 Å². The second kappa shape index (κ2) is 10.4. The van der Waals surface area contributed by atoms with E-state index in [1.54, 1.807) is 0 Å². The van der Waals surface area contributed by atoms with E-state index < -0.39 is 6.10 Å². The zero-order chi connectivity index (χ0) is 20.6. The van der Waals surface area contributed by atoms with Crippen molar-refractivity contribution in [3.63, 3.8) is 0 Å². The highest BCUT2D eigenvalue weighted by atomic mass is 16.6. The lowest BCUT2D eigenvalue weighted by Crippen LogP contribution is -2.25. The quantitative estimate of drug-likeness (QED) is 0.544. The number of aliphatic hydroxyl groups excluding tert-OH is 1. The molecule has 1 aliphatic rings. The van der Waals surface area contributed by atoms with E-state index in [-0.39, 0.29) is 25.4 Å². The van der Waals surface area contributed by atoms with E-state index in [1.165, 1.54) is 0 Å². The lowest BCUT2D eigenvalue weighted by Gasteiger charge is -2.16. The third-order valence-electron chi connectivity index (χ3n) is 4.20. The molecule has 1 fully saturated rings. The summed E-state index contributed by atoms with van der Waals surface area (Å²) in [6.45, 7) is 7.04. The minimum atomic E-state index is -0.764. The molecule has 0 spiro atoms. The highest BCUT2D eigenvalue weighted by Gasteiger charge is 2.25. The molecule has 0 saturated carbocycles. The van der Waals surface area contributed by atoms with E-state index in [1.807, 2.05) is 69.3 Å². The highest BCUT2D eigenvalue weighted by molar-refractivity contribution is 5.34. The number of epoxide rings is 1. The fourth-order valence-electron chi connectivity index (χ4n) is 2.83. The first-order valence-electron chi connectivity index (χ1n) is 10.1. The molecule has 6 nitrogen and oxygen atoms in total. The molecule has 1 heterocycles. The third kappa shape index (κ3) is 7.83. The topological polar surface area (TPSA) is 69.7 Å². The van der Waals surface area contributed by atoms with E-state index in [2.05, 4.69) is 0 Å². The van der Waals surface area contributed by atoms with Crippen LogP contribution in [0.5, 0.6) is 23.0 Å². The predicted molar refractivity (Wildman–Crippen MR) is 110 cm³/mol. The van der Waals surface area contributed by atoms with E-state index in [0.717, 1.165) is 24.5 Å². The Balaban J connectivity index is 1.42. The maximum absolute atomic E-state index is 10.2. The van der Waals surface area contributed by atoms with Gasteiger partial charge in [-0.3, -0.25) is 0 Å². The first-order chi connectivity index (χ1) is 14.0. The van der Waals surface area contributed by atoms with Gasteiger partial charge in [-0.05, 0) is 45.0 Å². The Morgan fingerprint density at radius 2 is 1.41 bits per heavy atom. The second-order valence-corrected chi connectivity index (χ2v) is 7.51.